The minimum atomic E-state index is -0.482. The van der Waals surface area contributed by atoms with E-state index >= 15 is 0 Å². The van der Waals surface area contributed by atoms with Gasteiger partial charge in [-0.05, 0) is 43.2 Å². The average Bonchev–Trinajstić information content (AvgIpc) is 2.70. The Labute approximate surface area is 176 Å². The number of nitrogens with one attached hydrogen (secondary N) is 1. The summed E-state index contributed by atoms with van der Waals surface area (Å²) >= 11 is 7.62. The molecule has 2 rings (SSSR count). The Morgan fingerprint density at radius 2 is 1.75 bits per heavy atom. The molecule has 2 aromatic carbocycles. The maximum absolute atomic E-state index is 13.0. The van der Waals surface area contributed by atoms with Crippen LogP contribution in [-0.4, -0.2) is 35.1 Å². The molecule has 0 aromatic heterocycles. The zero-order valence-corrected chi connectivity index (χ0v) is 17.9. The maximum Gasteiger partial charge on any atom is 0.242 e. The van der Waals surface area contributed by atoms with Gasteiger partial charge < -0.3 is 10.2 Å². The molecule has 0 fully saturated rings. The zero-order valence-electron chi connectivity index (χ0n) is 16.4. The molecule has 2 amide bonds. The molecule has 150 valence electrons. The van der Waals surface area contributed by atoms with Gasteiger partial charge in [0.25, 0.3) is 0 Å². The van der Waals surface area contributed by atoms with Crippen LogP contribution >= 0.6 is 23.4 Å². The highest BCUT2D eigenvalue weighted by Crippen LogP contribution is 2.20. The second-order valence-corrected chi connectivity index (χ2v) is 7.98. The number of amides is 2. The highest BCUT2D eigenvalue weighted by Gasteiger charge is 2.28. The third-order valence-corrected chi connectivity index (χ3v) is 5.60. The lowest BCUT2D eigenvalue weighted by molar-refractivity contribution is -0.141. The van der Waals surface area contributed by atoms with Crippen molar-refractivity contribution in [3.05, 3.63) is 65.2 Å². The van der Waals surface area contributed by atoms with E-state index in [0.717, 1.165) is 10.5 Å². The summed E-state index contributed by atoms with van der Waals surface area (Å²) in [5.74, 6) is 0.547. The van der Waals surface area contributed by atoms with Gasteiger partial charge in [-0.1, -0.05) is 48.9 Å². The first-order chi connectivity index (χ1) is 13.5. The second kappa shape index (κ2) is 11.8. The van der Waals surface area contributed by atoms with Crippen LogP contribution < -0.4 is 5.32 Å². The van der Waals surface area contributed by atoms with Gasteiger partial charge in [0.2, 0.25) is 11.8 Å². The number of carbonyl (C=O) groups excluding carboxylic acids is 2. The first kappa shape index (κ1) is 22.3. The summed E-state index contributed by atoms with van der Waals surface area (Å²) in [7, 11) is 0. The molecule has 1 N–H and O–H groups in total. The summed E-state index contributed by atoms with van der Waals surface area (Å²) in [4.78, 5) is 28.4. The van der Waals surface area contributed by atoms with Gasteiger partial charge in [0.05, 0.1) is 0 Å². The quantitative estimate of drug-likeness (QED) is 0.565. The maximum atomic E-state index is 13.0. The van der Waals surface area contributed by atoms with Crippen molar-refractivity contribution in [3.63, 3.8) is 0 Å². The summed E-state index contributed by atoms with van der Waals surface area (Å²) in [6.07, 6.45) is 0.944. The van der Waals surface area contributed by atoms with Gasteiger partial charge in [-0.15, -0.1) is 11.8 Å². The minimum absolute atomic E-state index is 0.0171. The van der Waals surface area contributed by atoms with Crippen LogP contribution in [0, 0.1) is 0 Å². The van der Waals surface area contributed by atoms with Crippen LogP contribution in [0.5, 0.6) is 0 Å². The van der Waals surface area contributed by atoms with Gasteiger partial charge >= 0.3 is 0 Å². The predicted octanol–water partition coefficient (Wildman–Crippen LogP) is 4.77. The number of hydrogen-bond acceptors (Lipinski definition) is 3. The smallest absolute Gasteiger partial charge is 0.242 e. The zero-order chi connectivity index (χ0) is 20.4. The van der Waals surface area contributed by atoms with Crippen LogP contribution in [0.25, 0.3) is 0 Å². The molecule has 2 aromatic rings. The number of likely N-dealkylation sites (N-methyl/N-ethyl adjacent to an activating group) is 1. The van der Waals surface area contributed by atoms with Crippen molar-refractivity contribution in [1.29, 1.82) is 0 Å². The van der Waals surface area contributed by atoms with E-state index in [4.69, 9.17) is 11.6 Å². The fourth-order valence-corrected chi connectivity index (χ4v) is 3.90. The van der Waals surface area contributed by atoms with Crippen LogP contribution in [-0.2, 0) is 16.1 Å². The van der Waals surface area contributed by atoms with Crippen molar-refractivity contribution in [3.8, 4) is 0 Å². The predicted molar refractivity (Wildman–Crippen MR) is 117 cm³/mol. The summed E-state index contributed by atoms with van der Waals surface area (Å²) in [6.45, 7) is 4.75. The number of thioether (sulfide) groups is 1. The van der Waals surface area contributed by atoms with Crippen molar-refractivity contribution in [2.24, 2.45) is 0 Å². The molecule has 0 aliphatic rings. The van der Waals surface area contributed by atoms with E-state index in [9.17, 15) is 9.59 Å². The van der Waals surface area contributed by atoms with E-state index in [1.54, 1.807) is 28.8 Å². The fourth-order valence-electron chi connectivity index (χ4n) is 2.91. The largest absolute Gasteiger partial charge is 0.355 e. The molecule has 0 aliphatic heterocycles. The van der Waals surface area contributed by atoms with Gasteiger partial charge in [0.15, 0.2) is 0 Å². The second-order valence-electron chi connectivity index (χ2n) is 6.38. The molecular formula is C22H27ClN2O2S. The summed E-state index contributed by atoms with van der Waals surface area (Å²) < 4.78 is 0. The van der Waals surface area contributed by atoms with Crippen LogP contribution in [0.2, 0.25) is 5.02 Å². The number of nitrogens with zero attached hydrogens (tertiary/aromatic N) is 1. The highest BCUT2D eigenvalue weighted by molar-refractivity contribution is 7.99. The van der Waals surface area contributed by atoms with Gasteiger partial charge in [0, 0.05) is 35.2 Å². The van der Waals surface area contributed by atoms with Gasteiger partial charge in [0.1, 0.15) is 6.04 Å². The molecule has 0 saturated heterocycles. The summed E-state index contributed by atoms with van der Waals surface area (Å²) in [6, 6.07) is 16.9. The Bertz CT molecular complexity index is 753. The monoisotopic (exact) mass is 418 g/mol. The molecule has 0 radical (unpaired) electrons. The van der Waals surface area contributed by atoms with E-state index in [-0.39, 0.29) is 11.8 Å². The van der Waals surface area contributed by atoms with Crippen LogP contribution in [0.4, 0.5) is 0 Å². The number of carbonyl (C=O) groups is 2. The van der Waals surface area contributed by atoms with E-state index in [1.165, 1.54) is 0 Å². The van der Waals surface area contributed by atoms with E-state index in [2.05, 4.69) is 5.32 Å². The Balaban J connectivity index is 2.09. The lowest BCUT2D eigenvalue weighted by Gasteiger charge is -2.30. The molecule has 0 aliphatic carbocycles. The molecule has 0 heterocycles. The van der Waals surface area contributed by atoms with Crippen LogP contribution in [0.1, 0.15) is 32.3 Å². The van der Waals surface area contributed by atoms with Crippen molar-refractivity contribution in [2.45, 2.75) is 44.2 Å². The van der Waals surface area contributed by atoms with Crippen molar-refractivity contribution in [2.75, 3.05) is 12.3 Å². The third kappa shape index (κ3) is 6.88. The summed E-state index contributed by atoms with van der Waals surface area (Å²) in [5.41, 5.74) is 0.955. The number of benzene rings is 2. The molecule has 6 heteroatoms. The van der Waals surface area contributed by atoms with E-state index in [1.807, 2.05) is 56.3 Å². The fraction of sp³-hybridized carbons (Fsp3) is 0.364. The number of hydrogen-bond donors (Lipinski definition) is 1. The Morgan fingerprint density at radius 3 is 2.36 bits per heavy atom. The van der Waals surface area contributed by atoms with Crippen molar-refractivity contribution < 1.29 is 9.59 Å². The minimum Gasteiger partial charge on any atom is -0.355 e. The normalized spacial score (nSPS) is 11.7. The molecule has 0 unspecified atom stereocenters. The Kier molecular flexibility index (Phi) is 9.38. The van der Waals surface area contributed by atoms with E-state index in [0.29, 0.717) is 36.7 Å². The van der Waals surface area contributed by atoms with Crippen LogP contribution in [0.15, 0.2) is 59.5 Å². The molecular weight excluding hydrogens is 392 g/mol. The lowest BCUT2D eigenvalue weighted by atomic mass is 10.1. The topological polar surface area (TPSA) is 49.4 Å². The SMILES string of the molecule is CCNC(=O)[C@@H](CC)N(Cc1ccc(Cl)cc1)C(=O)CCSc1ccccc1. The first-order valence-electron chi connectivity index (χ1n) is 9.54. The molecule has 4 nitrogen and oxygen atoms in total. The van der Waals surface area contributed by atoms with Crippen molar-refractivity contribution in [1.82, 2.24) is 10.2 Å². The number of halogens is 1. The van der Waals surface area contributed by atoms with Crippen molar-refractivity contribution >= 4 is 35.2 Å². The summed E-state index contributed by atoms with van der Waals surface area (Å²) in [5, 5.41) is 3.50. The van der Waals surface area contributed by atoms with Gasteiger partial charge in [-0.25, -0.2) is 0 Å². The molecule has 28 heavy (non-hydrogen) atoms. The first-order valence-corrected chi connectivity index (χ1v) is 10.9. The van der Waals surface area contributed by atoms with Gasteiger partial charge in [-0.3, -0.25) is 9.59 Å². The Hall–Kier alpha value is -1.98. The molecule has 0 bridgehead atoms. The van der Waals surface area contributed by atoms with E-state index < -0.39 is 6.04 Å². The average molecular weight is 419 g/mol. The van der Waals surface area contributed by atoms with Crippen LogP contribution in [0.3, 0.4) is 0 Å². The number of rotatable bonds is 10. The molecule has 0 spiro atoms. The highest BCUT2D eigenvalue weighted by atomic mass is 35.5. The molecule has 1 atom stereocenters. The van der Waals surface area contributed by atoms with Gasteiger partial charge in [-0.2, -0.15) is 0 Å². The standard InChI is InChI=1S/C22H27ClN2O2S/c1-3-20(22(27)24-4-2)25(16-17-10-12-18(23)13-11-17)21(26)14-15-28-19-8-6-5-7-9-19/h5-13,20H,3-4,14-16H2,1-2H3,(H,24,27)/t20-/m1/s1. The Morgan fingerprint density at radius 1 is 1.07 bits per heavy atom. The molecule has 0 saturated carbocycles. The lowest BCUT2D eigenvalue weighted by Crippen LogP contribution is -2.49. The third-order valence-electron chi connectivity index (χ3n) is 4.33.